The predicted molar refractivity (Wildman–Crippen MR) is 84.9 cm³/mol. The van der Waals surface area contributed by atoms with Gasteiger partial charge in [0.1, 0.15) is 0 Å². The summed E-state index contributed by atoms with van der Waals surface area (Å²) in [5, 5.41) is 10.8. The summed E-state index contributed by atoms with van der Waals surface area (Å²) in [6.45, 7) is 2.37. The quantitative estimate of drug-likeness (QED) is 0.863. The Bertz CT molecular complexity index is 522. The van der Waals surface area contributed by atoms with E-state index in [1.54, 1.807) is 7.11 Å². The molecule has 1 N–H and O–H groups in total. The lowest BCUT2D eigenvalue weighted by atomic mass is 9.52. The maximum Gasteiger partial charge on any atom is 0.320 e. The number of aliphatic hydroxyl groups is 1. The molecule has 6 fully saturated rings. The summed E-state index contributed by atoms with van der Waals surface area (Å²) in [7, 11) is 1.75. The largest absolute Gasteiger partial charge is 0.390 e. The second-order valence-corrected chi connectivity index (χ2v) is 9.01. The van der Waals surface area contributed by atoms with E-state index in [1.807, 2.05) is 0 Å². The molecule has 2 saturated heterocycles. The predicted octanol–water partition coefficient (Wildman–Crippen LogP) is 1.84. The van der Waals surface area contributed by atoms with E-state index in [-0.39, 0.29) is 11.6 Å². The number of hydrogen-bond acceptors (Lipinski definition) is 3. The summed E-state index contributed by atoms with van der Waals surface area (Å²) >= 11 is 0. The molecular weight excluding hydrogens is 292 g/mol. The molecule has 0 aromatic carbocycles. The number of nitrogens with zero attached hydrogens (tertiary/aromatic N) is 2. The van der Waals surface area contributed by atoms with Crippen LogP contribution >= 0.6 is 0 Å². The molecule has 5 nitrogen and oxygen atoms in total. The van der Waals surface area contributed by atoms with E-state index in [2.05, 4.69) is 9.80 Å². The molecule has 0 radical (unpaired) electrons. The summed E-state index contributed by atoms with van der Waals surface area (Å²) in [6.07, 6.45) is 7.41. The molecule has 3 unspecified atom stereocenters. The third-order valence-electron chi connectivity index (χ3n) is 7.50. The van der Waals surface area contributed by atoms with E-state index in [9.17, 15) is 9.90 Å². The fraction of sp³-hybridized carbons (Fsp3) is 0.944. The molecule has 0 aromatic heterocycles. The summed E-state index contributed by atoms with van der Waals surface area (Å²) in [6, 6.07) is 0.600. The van der Waals surface area contributed by atoms with Crippen molar-refractivity contribution in [1.82, 2.24) is 9.80 Å². The second kappa shape index (κ2) is 4.63. The third kappa shape index (κ3) is 1.89. The molecule has 0 spiro atoms. The van der Waals surface area contributed by atoms with Crippen molar-refractivity contribution in [3.63, 3.8) is 0 Å². The van der Waals surface area contributed by atoms with Gasteiger partial charge in [0.25, 0.3) is 0 Å². The van der Waals surface area contributed by atoms with Gasteiger partial charge in [-0.2, -0.15) is 0 Å². The van der Waals surface area contributed by atoms with Gasteiger partial charge in [-0.1, -0.05) is 0 Å². The fourth-order valence-corrected chi connectivity index (χ4v) is 7.10. The maximum atomic E-state index is 13.1. The molecule has 5 heteroatoms. The van der Waals surface area contributed by atoms with Gasteiger partial charge in [0.15, 0.2) is 0 Å². The second-order valence-electron chi connectivity index (χ2n) is 9.01. The molecule has 6 aliphatic rings. The zero-order valence-electron chi connectivity index (χ0n) is 14.0. The molecular formula is C18H28N2O3. The van der Waals surface area contributed by atoms with Crippen LogP contribution in [0.2, 0.25) is 0 Å². The molecule has 2 heterocycles. The molecule has 23 heavy (non-hydrogen) atoms. The van der Waals surface area contributed by atoms with Crippen molar-refractivity contribution >= 4 is 6.03 Å². The van der Waals surface area contributed by atoms with E-state index < -0.39 is 5.60 Å². The zero-order valence-corrected chi connectivity index (χ0v) is 14.0. The Morgan fingerprint density at radius 2 is 2.00 bits per heavy atom. The molecule has 2 amide bonds. The van der Waals surface area contributed by atoms with E-state index in [0.717, 1.165) is 45.2 Å². The van der Waals surface area contributed by atoms with Crippen molar-refractivity contribution in [2.24, 2.45) is 17.8 Å². The lowest BCUT2D eigenvalue weighted by Gasteiger charge is -2.59. The minimum absolute atomic E-state index is 0.0859. The highest BCUT2D eigenvalue weighted by atomic mass is 16.5. The molecule has 3 atom stereocenters. The number of hydrogen-bond donors (Lipinski definition) is 1. The van der Waals surface area contributed by atoms with Gasteiger partial charge in [-0.25, -0.2) is 4.79 Å². The standard InChI is InChI=1S/C18H28N2O3/c1-23-11-17-3-2-4-20(17)16(21)19(10-17)15-13-5-12-6-14(15)9-18(22,7-12)8-13/h12-15,22H,2-11H2,1H3. The van der Waals surface area contributed by atoms with Crippen LogP contribution in [0, 0.1) is 17.8 Å². The van der Waals surface area contributed by atoms with Crippen LogP contribution in [-0.4, -0.2) is 64.9 Å². The molecule has 4 aliphatic carbocycles. The molecule has 4 bridgehead atoms. The highest BCUT2D eigenvalue weighted by molar-refractivity contribution is 5.79. The van der Waals surface area contributed by atoms with Gasteiger partial charge in [0, 0.05) is 26.2 Å². The molecule has 4 saturated carbocycles. The number of rotatable bonds is 3. The fourth-order valence-electron chi connectivity index (χ4n) is 7.10. The lowest BCUT2D eigenvalue weighted by molar-refractivity contribution is -0.153. The summed E-state index contributed by atoms with van der Waals surface area (Å²) in [5.41, 5.74) is -0.506. The minimum Gasteiger partial charge on any atom is -0.390 e. The van der Waals surface area contributed by atoms with Crippen molar-refractivity contribution in [2.75, 3.05) is 26.8 Å². The Morgan fingerprint density at radius 1 is 1.26 bits per heavy atom. The smallest absolute Gasteiger partial charge is 0.320 e. The number of fused-ring (bicyclic) bond motifs is 1. The monoisotopic (exact) mass is 320 g/mol. The van der Waals surface area contributed by atoms with Crippen LogP contribution in [0.15, 0.2) is 0 Å². The van der Waals surface area contributed by atoms with Gasteiger partial charge < -0.3 is 19.6 Å². The van der Waals surface area contributed by atoms with E-state index >= 15 is 0 Å². The van der Waals surface area contributed by atoms with Crippen LogP contribution in [0.4, 0.5) is 4.79 Å². The lowest BCUT2D eigenvalue weighted by Crippen LogP contribution is -2.62. The number of amides is 2. The Balaban J connectivity index is 1.44. The van der Waals surface area contributed by atoms with Crippen LogP contribution < -0.4 is 0 Å². The molecule has 0 aromatic rings. The summed E-state index contributed by atoms with van der Waals surface area (Å²) in [5.74, 6) is 1.71. The van der Waals surface area contributed by atoms with Gasteiger partial charge in [-0.15, -0.1) is 0 Å². The first kappa shape index (κ1) is 14.5. The average molecular weight is 320 g/mol. The first-order valence-electron chi connectivity index (χ1n) is 9.33. The van der Waals surface area contributed by atoms with E-state index in [4.69, 9.17) is 4.74 Å². The Morgan fingerprint density at radius 3 is 2.65 bits per heavy atom. The SMILES string of the molecule is COCC12CCCN1C(=O)N(C1C3CC4CC1CC(O)(C4)C3)C2. The van der Waals surface area contributed by atoms with Crippen LogP contribution in [0.3, 0.4) is 0 Å². The van der Waals surface area contributed by atoms with E-state index in [1.165, 1.54) is 12.8 Å². The Labute approximate surface area is 138 Å². The van der Waals surface area contributed by atoms with Crippen molar-refractivity contribution in [2.45, 2.75) is 62.1 Å². The number of methoxy groups -OCH3 is 1. The summed E-state index contributed by atoms with van der Waals surface area (Å²) < 4.78 is 5.49. The van der Waals surface area contributed by atoms with Crippen molar-refractivity contribution < 1.29 is 14.6 Å². The van der Waals surface area contributed by atoms with Gasteiger partial charge in [-0.3, -0.25) is 0 Å². The number of ether oxygens (including phenoxy) is 1. The molecule has 6 rings (SSSR count). The maximum absolute atomic E-state index is 13.1. The number of carbonyl (C=O) groups is 1. The highest BCUT2D eigenvalue weighted by Crippen LogP contribution is 2.58. The zero-order chi connectivity index (χ0) is 15.8. The summed E-state index contributed by atoms with van der Waals surface area (Å²) in [4.78, 5) is 17.4. The average Bonchev–Trinajstić information content (AvgIpc) is 2.97. The van der Waals surface area contributed by atoms with Crippen molar-refractivity contribution in [3.05, 3.63) is 0 Å². The van der Waals surface area contributed by atoms with Gasteiger partial charge >= 0.3 is 6.03 Å². The van der Waals surface area contributed by atoms with E-state index in [0.29, 0.717) is 30.4 Å². The highest BCUT2D eigenvalue weighted by Gasteiger charge is 2.61. The molecule has 128 valence electrons. The van der Waals surface area contributed by atoms with Gasteiger partial charge in [0.2, 0.25) is 0 Å². The first-order valence-corrected chi connectivity index (χ1v) is 9.33. The Kier molecular flexibility index (Phi) is 2.92. The van der Waals surface area contributed by atoms with Gasteiger partial charge in [0.05, 0.1) is 17.7 Å². The Hall–Kier alpha value is -0.810. The van der Waals surface area contributed by atoms with Gasteiger partial charge in [-0.05, 0) is 62.7 Å². The van der Waals surface area contributed by atoms with Crippen LogP contribution in [-0.2, 0) is 4.74 Å². The minimum atomic E-state index is -0.420. The van der Waals surface area contributed by atoms with Crippen LogP contribution in [0.1, 0.15) is 44.9 Å². The number of urea groups is 1. The normalized spacial score (nSPS) is 51.0. The molecule has 2 aliphatic heterocycles. The van der Waals surface area contributed by atoms with Crippen molar-refractivity contribution in [3.8, 4) is 0 Å². The van der Waals surface area contributed by atoms with Crippen LogP contribution in [0.25, 0.3) is 0 Å². The first-order chi connectivity index (χ1) is 11.0. The van der Waals surface area contributed by atoms with Crippen molar-refractivity contribution in [1.29, 1.82) is 0 Å². The number of carbonyl (C=O) groups excluding carboxylic acids is 1. The topological polar surface area (TPSA) is 53.0 Å². The third-order valence-corrected chi connectivity index (χ3v) is 7.50. The van der Waals surface area contributed by atoms with Crippen LogP contribution in [0.5, 0.6) is 0 Å².